The second-order valence-electron chi connectivity index (χ2n) is 6.15. The molecule has 6 heteroatoms. The molecule has 1 aromatic heterocycles. The fourth-order valence-electron chi connectivity index (χ4n) is 2.17. The zero-order valence-electron chi connectivity index (χ0n) is 13.0. The molecule has 0 atom stereocenters. The number of rotatable bonds is 3. The van der Waals surface area contributed by atoms with Crippen LogP contribution in [-0.4, -0.2) is 23.9 Å². The summed E-state index contributed by atoms with van der Waals surface area (Å²) in [6.07, 6.45) is 0. The van der Waals surface area contributed by atoms with Crippen LogP contribution in [0.2, 0.25) is 0 Å². The Morgan fingerprint density at radius 1 is 1.27 bits per heavy atom. The van der Waals surface area contributed by atoms with Crippen LogP contribution < -0.4 is 10.6 Å². The largest absolute Gasteiger partial charge is 0.350 e. The first-order valence-corrected chi connectivity index (χ1v) is 7.77. The third-order valence-corrected chi connectivity index (χ3v) is 4.29. The molecular weight excluding hydrogens is 303 g/mol. The highest BCUT2D eigenvalue weighted by Crippen LogP contribution is 2.32. The molecule has 0 aliphatic rings. The SMILES string of the molecule is Cc1c(C(=O)NCC(=O)NC(C)(C)C)sc2cccc(F)c12. The number of halogens is 1. The van der Waals surface area contributed by atoms with Gasteiger partial charge in [-0.1, -0.05) is 6.07 Å². The number of benzene rings is 1. The second-order valence-corrected chi connectivity index (χ2v) is 7.20. The minimum Gasteiger partial charge on any atom is -0.350 e. The van der Waals surface area contributed by atoms with E-state index in [9.17, 15) is 14.0 Å². The van der Waals surface area contributed by atoms with E-state index < -0.39 is 0 Å². The zero-order valence-corrected chi connectivity index (χ0v) is 13.9. The molecule has 0 fully saturated rings. The van der Waals surface area contributed by atoms with Gasteiger partial charge in [0.05, 0.1) is 11.4 Å². The van der Waals surface area contributed by atoms with E-state index in [0.29, 0.717) is 15.8 Å². The molecule has 0 saturated heterocycles. The Bertz CT molecular complexity index is 732. The highest BCUT2D eigenvalue weighted by molar-refractivity contribution is 7.21. The van der Waals surface area contributed by atoms with Crippen molar-refractivity contribution in [3.63, 3.8) is 0 Å². The number of carbonyl (C=O) groups excluding carboxylic acids is 2. The molecule has 1 heterocycles. The molecule has 1 aromatic carbocycles. The van der Waals surface area contributed by atoms with Gasteiger partial charge < -0.3 is 10.6 Å². The van der Waals surface area contributed by atoms with E-state index in [1.165, 1.54) is 17.4 Å². The third-order valence-electron chi connectivity index (χ3n) is 3.03. The van der Waals surface area contributed by atoms with Crippen molar-refractivity contribution < 1.29 is 14.0 Å². The first-order chi connectivity index (χ1) is 10.2. The summed E-state index contributed by atoms with van der Waals surface area (Å²) in [7, 11) is 0. The maximum Gasteiger partial charge on any atom is 0.262 e. The summed E-state index contributed by atoms with van der Waals surface area (Å²) in [4.78, 5) is 24.4. The van der Waals surface area contributed by atoms with Gasteiger partial charge in [0.1, 0.15) is 5.82 Å². The molecular formula is C16H19FN2O2S. The van der Waals surface area contributed by atoms with E-state index in [1.807, 2.05) is 20.8 Å². The first-order valence-electron chi connectivity index (χ1n) is 6.96. The summed E-state index contributed by atoms with van der Waals surface area (Å²) in [5.41, 5.74) is 0.255. The van der Waals surface area contributed by atoms with Crippen LogP contribution in [0.5, 0.6) is 0 Å². The highest BCUT2D eigenvalue weighted by atomic mass is 32.1. The lowest BCUT2D eigenvalue weighted by Crippen LogP contribution is -2.45. The van der Waals surface area contributed by atoms with Gasteiger partial charge in [0.2, 0.25) is 5.91 Å². The van der Waals surface area contributed by atoms with Crippen LogP contribution in [0.15, 0.2) is 18.2 Å². The van der Waals surface area contributed by atoms with Gasteiger partial charge in [-0.05, 0) is 45.4 Å². The molecule has 0 saturated carbocycles. The topological polar surface area (TPSA) is 58.2 Å². The number of fused-ring (bicyclic) bond motifs is 1. The van der Waals surface area contributed by atoms with Crippen molar-refractivity contribution in [2.24, 2.45) is 0 Å². The Morgan fingerprint density at radius 3 is 2.55 bits per heavy atom. The maximum absolute atomic E-state index is 13.8. The van der Waals surface area contributed by atoms with Crippen LogP contribution in [0.25, 0.3) is 10.1 Å². The summed E-state index contributed by atoms with van der Waals surface area (Å²) >= 11 is 1.23. The quantitative estimate of drug-likeness (QED) is 0.912. The molecule has 118 valence electrons. The molecule has 2 aromatic rings. The molecule has 22 heavy (non-hydrogen) atoms. The molecule has 0 radical (unpaired) electrons. The summed E-state index contributed by atoms with van der Waals surface area (Å²) < 4.78 is 14.6. The standard InChI is InChI=1S/C16H19FN2O2S/c1-9-13-10(17)6-5-7-11(13)22-14(9)15(21)18-8-12(20)19-16(2,3)4/h5-7H,8H2,1-4H3,(H,18,21)(H,19,20). The molecule has 0 aliphatic heterocycles. The predicted octanol–water partition coefficient (Wildman–Crippen LogP) is 2.99. The van der Waals surface area contributed by atoms with Crippen LogP contribution in [0.4, 0.5) is 4.39 Å². The average molecular weight is 322 g/mol. The van der Waals surface area contributed by atoms with Crippen molar-refractivity contribution in [2.75, 3.05) is 6.54 Å². The summed E-state index contributed by atoms with van der Waals surface area (Å²) in [6, 6.07) is 4.77. The van der Waals surface area contributed by atoms with Gasteiger partial charge >= 0.3 is 0 Å². The molecule has 0 spiro atoms. The lowest BCUT2D eigenvalue weighted by atomic mass is 10.1. The molecule has 0 bridgehead atoms. The Labute approximate surface area is 132 Å². The monoisotopic (exact) mass is 322 g/mol. The number of thiophene rings is 1. The van der Waals surface area contributed by atoms with Gasteiger partial charge in [-0.2, -0.15) is 0 Å². The van der Waals surface area contributed by atoms with Gasteiger partial charge in [-0.25, -0.2) is 4.39 Å². The van der Waals surface area contributed by atoms with Gasteiger partial charge in [0.25, 0.3) is 5.91 Å². The van der Waals surface area contributed by atoms with Crippen LogP contribution in [0, 0.1) is 12.7 Å². The fraction of sp³-hybridized carbons (Fsp3) is 0.375. The van der Waals surface area contributed by atoms with E-state index in [4.69, 9.17) is 0 Å². The van der Waals surface area contributed by atoms with Crippen LogP contribution in [0.3, 0.4) is 0 Å². The first kappa shape index (κ1) is 16.4. The lowest BCUT2D eigenvalue weighted by Gasteiger charge is -2.20. The van der Waals surface area contributed by atoms with E-state index in [2.05, 4.69) is 10.6 Å². The molecule has 4 nitrogen and oxygen atoms in total. The van der Waals surface area contributed by atoms with Gasteiger partial charge in [-0.3, -0.25) is 9.59 Å². The maximum atomic E-state index is 13.8. The third kappa shape index (κ3) is 3.62. The number of hydrogen-bond donors (Lipinski definition) is 2. The van der Waals surface area contributed by atoms with E-state index in [0.717, 1.165) is 4.70 Å². The van der Waals surface area contributed by atoms with Crippen molar-refractivity contribution >= 4 is 33.2 Å². The zero-order chi connectivity index (χ0) is 16.5. The van der Waals surface area contributed by atoms with Gasteiger partial charge in [0.15, 0.2) is 0 Å². The van der Waals surface area contributed by atoms with Crippen molar-refractivity contribution in [1.82, 2.24) is 10.6 Å². The number of aryl methyl sites for hydroxylation is 1. The van der Waals surface area contributed by atoms with Crippen molar-refractivity contribution in [1.29, 1.82) is 0 Å². The van der Waals surface area contributed by atoms with Crippen LogP contribution in [0.1, 0.15) is 36.0 Å². The Hall–Kier alpha value is -1.95. The molecule has 2 rings (SSSR count). The van der Waals surface area contributed by atoms with Crippen molar-refractivity contribution in [2.45, 2.75) is 33.2 Å². The lowest BCUT2D eigenvalue weighted by molar-refractivity contribution is -0.121. The Morgan fingerprint density at radius 2 is 1.95 bits per heavy atom. The predicted molar refractivity (Wildman–Crippen MR) is 86.7 cm³/mol. The fourth-order valence-corrected chi connectivity index (χ4v) is 3.31. The second kappa shape index (κ2) is 6.04. The number of hydrogen-bond acceptors (Lipinski definition) is 3. The van der Waals surface area contributed by atoms with E-state index in [1.54, 1.807) is 19.1 Å². The number of nitrogens with one attached hydrogen (secondary N) is 2. The van der Waals surface area contributed by atoms with Gasteiger partial charge in [-0.15, -0.1) is 11.3 Å². The van der Waals surface area contributed by atoms with Crippen molar-refractivity contribution in [3.8, 4) is 0 Å². The molecule has 0 aliphatic carbocycles. The Balaban J connectivity index is 2.12. The Kier molecular flexibility index (Phi) is 4.51. The van der Waals surface area contributed by atoms with Crippen LogP contribution in [-0.2, 0) is 4.79 Å². The van der Waals surface area contributed by atoms with Gasteiger partial charge in [0, 0.05) is 15.6 Å². The summed E-state index contributed by atoms with van der Waals surface area (Å²) in [6.45, 7) is 7.21. The smallest absolute Gasteiger partial charge is 0.262 e. The minimum atomic E-state index is -0.359. The van der Waals surface area contributed by atoms with Crippen LogP contribution >= 0.6 is 11.3 Å². The highest BCUT2D eigenvalue weighted by Gasteiger charge is 2.19. The van der Waals surface area contributed by atoms with Crippen molar-refractivity contribution in [3.05, 3.63) is 34.5 Å². The molecule has 2 amide bonds. The van der Waals surface area contributed by atoms with E-state index >= 15 is 0 Å². The molecule has 2 N–H and O–H groups in total. The summed E-state index contributed by atoms with van der Waals surface area (Å²) in [5, 5.41) is 5.81. The number of amides is 2. The molecule has 0 unspecified atom stereocenters. The summed E-state index contributed by atoms with van der Waals surface area (Å²) in [5.74, 6) is -0.955. The normalized spacial score (nSPS) is 11.5. The number of carbonyl (C=O) groups is 2. The average Bonchev–Trinajstić information content (AvgIpc) is 2.73. The minimum absolute atomic E-state index is 0.105. The van der Waals surface area contributed by atoms with E-state index in [-0.39, 0.29) is 29.7 Å².